The molecule has 0 amide bonds. The van der Waals surface area contributed by atoms with Crippen LogP contribution >= 0.6 is 0 Å². The fourth-order valence-electron chi connectivity index (χ4n) is 1.01. The molecular weight excluding hydrogens is 235 g/mol. The maximum Gasteiger partial charge on any atom is 0.335 e. The summed E-state index contributed by atoms with van der Waals surface area (Å²) >= 11 is 0. The van der Waals surface area contributed by atoms with Crippen molar-refractivity contribution < 1.29 is 25.8 Å². The second-order valence-corrected chi connectivity index (χ2v) is 7.32. The Kier molecular flexibility index (Phi) is 3.69. The van der Waals surface area contributed by atoms with E-state index in [2.05, 4.69) is 0 Å². The van der Waals surface area contributed by atoms with Crippen molar-refractivity contribution in [1.82, 2.24) is 0 Å². The summed E-state index contributed by atoms with van der Waals surface area (Å²) in [6, 6.07) is 0. The van der Waals surface area contributed by atoms with Gasteiger partial charge >= 0.3 is 14.5 Å². The molecule has 0 aliphatic rings. The average molecular weight is 248 g/mol. The lowest BCUT2D eigenvalue weighted by Gasteiger charge is -2.24. The third kappa shape index (κ3) is 1.91. The summed E-state index contributed by atoms with van der Waals surface area (Å²) in [6.07, 6.45) is 0. The third-order valence-electron chi connectivity index (χ3n) is 1.85. The maximum absolute atomic E-state index is 13.8. The quantitative estimate of drug-likeness (QED) is 0.735. The summed E-state index contributed by atoms with van der Waals surface area (Å²) in [5.41, 5.74) is 0. The molecule has 0 heterocycles. The predicted octanol–water partition coefficient (Wildman–Crippen LogP) is 0.588. The van der Waals surface area contributed by atoms with E-state index in [4.69, 9.17) is 4.55 Å². The molecule has 0 aromatic carbocycles. The van der Waals surface area contributed by atoms with Gasteiger partial charge in [-0.05, 0) is 0 Å². The van der Waals surface area contributed by atoms with E-state index >= 15 is 0 Å². The van der Waals surface area contributed by atoms with Crippen LogP contribution in [0.3, 0.4) is 0 Å². The zero-order chi connectivity index (χ0) is 11.8. The van der Waals surface area contributed by atoms with Crippen LogP contribution in [0.1, 0.15) is 20.8 Å². The van der Waals surface area contributed by atoms with E-state index in [0.717, 1.165) is 20.8 Å². The molecule has 0 aliphatic carbocycles. The number of hydrogen-bond acceptors (Lipinski definition) is 4. The lowest BCUT2D eigenvalue weighted by Crippen LogP contribution is -2.47. The monoisotopic (exact) mass is 248 g/mol. The van der Waals surface area contributed by atoms with Crippen LogP contribution in [0.25, 0.3) is 0 Å². The van der Waals surface area contributed by atoms with Crippen molar-refractivity contribution in [2.24, 2.45) is 5.92 Å². The third-order valence-corrected chi connectivity index (χ3v) is 6.49. The topological polar surface area (TPSA) is 88.5 Å². The van der Waals surface area contributed by atoms with Crippen molar-refractivity contribution in [3.05, 3.63) is 0 Å². The highest BCUT2D eigenvalue weighted by molar-refractivity contribution is 8.07. The van der Waals surface area contributed by atoms with Gasteiger partial charge in [0.2, 0.25) is 9.84 Å². The summed E-state index contributed by atoms with van der Waals surface area (Å²) in [4.78, 5) is 0. The summed E-state index contributed by atoms with van der Waals surface area (Å²) in [7, 11) is -9.81. The highest BCUT2D eigenvalue weighted by Gasteiger charge is 2.57. The van der Waals surface area contributed by atoms with Crippen molar-refractivity contribution in [3.63, 3.8) is 0 Å². The molecule has 8 heteroatoms. The van der Waals surface area contributed by atoms with Gasteiger partial charge in [-0.2, -0.15) is 8.42 Å². The highest BCUT2D eigenvalue weighted by Crippen LogP contribution is 2.34. The minimum absolute atomic E-state index is 0.693. The first-order valence-corrected chi connectivity index (χ1v) is 6.98. The van der Waals surface area contributed by atoms with Gasteiger partial charge in [-0.15, -0.1) is 0 Å². The van der Waals surface area contributed by atoms with Gasteiger partial charge in [0.1, 0.15) is 0 Å². The van der Waals surface area contributed by atoms with Crippen molar-refractivity contribution in [1.29, 1.82) is 0 Å². The van der Waals surface area contributed by atoms with Crippen LogP contribution in [0.5, 0.6) is 0 Å². The average Bonchev–Trinajstić information content (AvgIpc) is 2.00. The van der Waals surface area contributed by atoms with Gasteiger partial charge < -0.3 is 0 Å². The van der Waals surface area contributed by atoms with Gasteiger partial charge in [0.15, 0.2) is 0 Å². The molecule has 0 saturated carbocycles. The Hall–Kier alpha value is -0.210. The first-order valence-electron chi connectivity index (χ1n) is 3.89. The number of hydrogen-bond donors (Lipinski definition) is 1. The molecule has 0 aromatic rings. The van der Waals surface area contributed by atoms with E-state index in [0.29, 0.717) is 0 Å². The number of sulfone groups is 1. The van der Waals surface area contributed by atoms with E-state index in [9.17, 15) is 21.2 Å². The lowest BCUT2D eigenvalue weighted by molar-refractivity contribution is 0.262. The SMILES string of the molecule is CCS(=O)(=O)C(F)(C(C)C)S(=O)(=O)O. The van der Waals surface area contributed by atoms with Gasteiger partial charge in [-0.3, -0.25) is 4.55 Å². The van der Waals surface area contributed by atoms with Crippen LogP contribution in [0, 0.1) is 5.92 Å². The molecule has 1 unspecified atom stereocenters. The fourth-order valence-corrected chi connectivity index (χ4v) is 4.36. The van der Waals surface area contributed by atoms with Crippen LogP contribution in [0.4, 0.5) is 4.39 Å². The predicted molar refractivity (Wildman–Crippen MR) is 49.7 cm³/mol. The first-order chi connectivity index (χ1) is 6.00. The fraction of sp³-hybridized carbons (Fsp3) is 1.00. The van der Waals surface area contributed by atoms with Crippen molar-refractivity contribution in [2.75, 3.05) is 5.75 Å². The highest BCUT2D eigenvalue weighted by atomic mass is 32.3. The molecule has 0 saturated heterocycles. The van der Waals surface area contributed by atoms with E-state index in [1.165, 1.54) is 0 Å². The van der Waals surface area contributed by atoms with Gasteiger partial charge in [-0.1, -0.05) is 20.8 Å². The zero-order valence-corrected chi connectivity index (χ0v) is 9.69. The molecule has 14 heavy (non-hydrogen) atoms. The molecule has 0 radical (unpaired) electrons. The Labute approximate surface area is 83.0 Å². The Bertz CT molecular complexity index is 396. The smallest absolute Gasteiger partial charge is 0.282 e. The number of halogens is 1. The van der Waals surface area contributed by atoms with Crippen molar-refractivity contribution in [3.8, 4) is 0 Å². The molecule has 1 N–H and O–H groups in total. The van der Waals surface area contributed by atoms with Gasteiger partial charge in [0.25, 0.3) is 0 Å². The Morgan fingerprint density at radius 1 is 1.29 bits per heavy atom. The largest absolute Gasteiger partial charge is 0.335 e. The number of rotatable bonds is 4. The molecule has 0 rings (SSSR count). The van der Waals surface area contributed by atoms with Crippen LogP contribution in [0.2, 0.25) is 0 Å². The summed E-state index contributed by atoms with van der Waals surface area (Å²) in [5, 5.41) is 0. The lowest BCUT2D eigenvalue weighted by atomic mass is 10.2. The minimum Gasteiger partial charge on any atom is -0.282 e. The second-order valence-electron chi connectivity index (χ2n) is 3.12. The summed E-state index contributed by atoms with van der Waals surface area (Å²) < 4.78 is 62.5. The molecule has 0 aromatic heterocycles. The second kappa shape index (κ2) is 3.74. The molecule has 1 atom stereocenters. The molecule has 86 valence electrons. The Morgan fingerprint density at radius 3 is 1.71 bits per heavy atom. The molecule has 0 aliphatic heterocycles. The van der Waals surface area contributed by atoms with Crippen LogP contribution < -0.4 is 0 Å². The summed E-state index contributed by atoms with van der Waals surface area (Å²) in [6.45, 7) is 3.25. The van der Waals surface area contributed by atoms with E-state index in [1.807, 2.05) is 0 Å². The van der Waals surface area contributed by atoms with Crippen molar-refractivity contribution in [2.45, 2.75) is 25.1 Å². The normalized spacial score (nSPS) is 18.1. The zero-order valence-electron chi connectivity index (χ0n) is 8.06. The molecule has 0 fully saturated rings. The first kappa shape index (κ1) is 13.8. The molecule has 5 nitrogen and oxygen atoms in total. The maximum atomic E-state index is 13.8. The van der Waals surface area contributed by atoms with Gasteiger partial charge in [0.05, 0.1) is 5.75 Å². The molecule has 0 bridgehead atoms. The van der Waals surface area contributed by atoms with Crippen LogP contribution in [-0.2, 0) is 20.0 Å². The van der Waals surface area contributed by atoms with E-state index in [1.54, 1.807) is 0 Å². The van der Waals surface area contributed by atoms with Gasteiger partial charge in [0, 0.05) is 5.92 Å². The standard InChI is InChI=1S/C6H13FO5S2/c1-4-13(8,9)6(7,5(2)3)14(10,11)12/h5H,4H2,1-3H3,(H,10,11,12). The Morgan fingerprint density at radius 2 is 1.64 bits per heavy atom. The molecular formula is C6H13FO5S2. The van der Waals surface area contributed by atoms with Gasteiger partial charge in [-0.25, -0.2) is 12.8 Å². The number of alkyl halides is 1. The van der Waals surface area contributed by atoms with E-state index < -0.39 is 36.0 Å². The van der Waals surface area contributed by atoms with Crippen molar-refractivity contribution >= 4 is 20.0 Å². The Balaban J connectivity index is 5.85. The molecule has 0 spiro atoms. The summed E-state index contributed by atoms with van der Waals surface area (Å²) in [5.74, 6) is -2.07. The van der Waals surface area contributed by atoms with Crippen LogP contribution in [-0.4, -0.2) is 31.5 Å². The van der Waals surface area contributed by atoms with E-state index in [-0.39, 0.29) is 0 Å². The van der Waals surface area contributed by atoms with Crippen LogP contribution in [0.15, 0.2) is 0 Å². The minimum atomic E-state index is -5.29.